The second-order valence-corrected chi connectivity index (χ2v) is 9.77. The second kappa shape index (κ2) is 11.6. The van der Waals surface area contributed by atoms with Crippen LogP contribution in [0.1, 0.15) is 56.8 Å². The Bertz CT molecular complexity index is 1600. The van der Waals surface area contributed by atoms with E-state index in [1.54, 1.807) is 26.2 Å². The van der Waals surface area contributed by atoms with Crippen molar-refractivity contribution in [2.75, 3.05) is 23.9 Å². The number of nitrogens with one attached hydrogen (secondary N) is 1. The van der Waals surface area contributed by atoms with Crippen LogP contribution in [0.5, 0.6) is 5.75 Å². The van der Waals surface area contributed by atoms with Crippen LogP contribution in [-0.4, -0.2) is 31.5 Å². The van der Waals surface area contributed by atoms with Gasteiger partial charge in [-0.05, 0) is 80.5 Å². The van der Waals surface area contributed by atoms with Crippen LogP contribution in [0.15, 0.2) is 60.7 Å². The van der Waals surface area contributed by atoms with E-state index in [-0.39, 0.29) is 17.7 Å². The molecule has 0 unspecified atom stereocenters. The Hall–Kier alpha value is -4.65. The van der Waals surface area contributed by atoms with Gasteiger partial charge in [0.05, 0.1) is 36.2 Å². The zero-order chi connectivity index (χ0) is 29.1. The van der Waals surface area contributed by atoms with Gasteiger partial charge in [-0.2, -0.15) is 0 Å². The lowest BCUT2D eigenvalue weighted by Gasteiger charge is -2.26. The molecule has 0 radical (unpaired) electrons. The Morgan fingerprint density at radius 1 is 0.825 bits per heavy atom. The van der Waals surface area contributed by atoms with Crippen molar-refractivity contribution in [1.29, 1.82) is 0 Å². The number of imide groups is 1. The van der Waals surface area contributed by atoms with Crippen LogP contribution in [0.25, 0.3) is 10.8 Å². The Labute approximate surface area is 234 Å². The van der Waals surface area contributed by atoms with E-state index >= 15 is 0 Å². The lowest BCUT2D eigenvalue weighted by atomic mass is 9.95. The van der Waals surface area contributed by atoms with Gasteiger partial charge in [-0.15, -0.1) is 0 Å². The SMILES string of the molecule is CCOC(=O)c1c(C(=O)N(C(C)=O)c2c(C)cccc2C)cc2ccc(OC)cc2c1Nc1c(C)cccc1C. The molecule has 0 fully saturated rings. The molecule has 7 nitrogen and oxygen atoms in total. The molecule has 0 aliphatic carbocycles. The van der Waals surface area contributed by atoms with Crippen molar-refractivity contribution in [2.24, 2.45) is 0 Å². The van der Waals surface area contributed by atoms with Crippen LogP contribution in [0.4, 0.5) is 17.1 Å². The fraction of sp³-hybridized carbons (Fsp3) is 0.242. The van der Waals surface area contributed by atoms with Crippen LogP contribution < -0.4 is 15.0 Å². The lowest BCUT2D eigenvalue weighted by molar-refractivity contribution is -0.116. The highest BCUT2D eigenvalue weighted by Gasteiger charge is 2.32. The van der Waals surface area contributed by atoms with E-state index in [1.165, 1.54) is 6.92 Å². The van der Waals surface area contributed by atoms with Crippen molar-refractivity contribution in [2.45, 2.75) is 41.5 Å². The summed E-state index contributed by atoms with van der Waals surface area (Å²) in [5.74, 6) is -1.16. The van der Waals surface area contributed by atoms with Crippen molar-refractivity contribution in [3.63, 3.8) is 0 Å². The maximum Gasteiger partial charge on any atom is 0.341 e. The predicted molar refractivity (Wildman–Crippen MR) is 159 cm³/mol. The van der Waals surface area contributed by atoms with E-state index in [2.05, 4.69) is 5.32 Å². The van der Waals surface area contributed by atoms with Crippen LogP contribution in [-0.2, 0) is 9.53 Å². The number of ether oxygens (including phenoxy) is 2. The number of nitrogens with zero attached hydrogens (tertiary/aromatic N) is 1. The monoisotopic (exact) mass is 538 g/mol. The molecule has 1 N–H and O–H groups in total. The average molecular weight is 539 g/mol. The standard InChI is InChI=1S/C33H34N2O5/c1-8-40-33(38)28-27(32(37)35(23(6)36)31-21(4)13-10-14-22(31)5)17-24-15-16-25(39-7)18-26(24)30(28)34-29-19(2)11-9-12-20(29)3/h9-18,34H,8H2,1-7H3. The van der Waals surface area contributed by atoms with Gasteiger partial charge in [0.2, 0.25) is 5.91 Å². The van der Waals surface area contributed by atoms with Gasteiger partial charge in [-0.25, -0.2) is 9.69 Å². The largest absolute Gasteiger partial charge is 0.497 e. The van der Waals surface area contributed by atoms with Gasteiger partial charge < -0.3 is 14.8 Å². The van der Waals surface area contributed by atoms with Gasteiger partial charge >= 0.3 is 5.97 Å². The number of fused-ring (bicyclic) bond motifs is 1. The van der Waals surface area contributed by atoms with Crippen LogP contribution in [0, 0.1) is 27.7 Å². The van der Waals surface area contributed by atoms with Crippen LogP contribution in [0.3, 0.4) is 0 Å². The molecule has 0 heterocycles. The van der Waals surface area contributed by atoms with Crippen molar-refractivity contribution in [3.8, 4) is 5.75 Å². The number of methoxy groups -OCH3 is 1. The molecular weight excluding hydrogens is 504 g/mol. The highest BCUT2D eigenvalue weighted by molar-refractivity contribution is 6.26. The number of hydrogen-bond acceptors (Lipinski definition) is 6. The van der Waals surface area contributed by atoms with E-state index in [0.29, 0.717) is 27.9 Å². The number of para-hydroxylation sites is 2. The molecule has 2 amide bonds. The van der Waals surface area contributed by atoms with Crippen molar-refractivity contribution in [3.05, 3.63) is 94.0 Å². The Kier molecular flexibility index (Phi) is 8.24. The number of carbonyl (C=O) groups is 3. The number of amides is 2. The zero-order valence-corrected chi connectivity index (χ0v) is 24.0. The summed E-state index contributed by atoms with van der Waals surface area (Å²) in [5.41, 5.74) is 5.26. The average Bonchev–Trinajstić information content (AvgIpc) is 2.91. The smallest absolute Gasteiger partial charge is 0.341 e. The molecule has 4 rings (SSSR count). The van der Waals surface area contributed by atoms with Crippen LogP contribution >= 0.6 is 0 Å². The molecule has 0 atom stereocenters. The minimum absolute atomic E-state index is 0.0488. The van der Waals surface area contributed by atoms with E-state index < -0.39 is 17.8 Å². The Morgan fingerprint density at radius 3 is 1.98 bits per heavy atom. The first-order chi connectivity index (χ1) is 19.1. The molecule has 0 aliphatic heterocycles. The summed E-state index contributed by atoms with van der Waals surface area (Å²) in [5, 5.41) is 4.82. The van der Waals surface area contributed by atoms with E-state index in [4.69, 9.17) is 9.47 Å². The second-order valence-electron chi connectivity index (χ2n) is 9.77. The molecule has 4 aromatic rings. The van der Waals surface area contributed by atoms with E-state index in [9.17, 15) is 14.4 Å². The molecule has 0 aromatic heterocycles. The van der Waals surface area contributed by atoms with E-state index in [1.807, 2.05) is 76.2 Å². The summed E-state index contributed by atoms with van der Waals surface area (Å²) in [6.07, 6.45) is 0. The zero-order valence-electron chi connectivity index (χ0n) is 24.0. The molecular formula is C33H34N2O5. The number of aryl methyl sites for hydroxylation is 4. The normalized spacial score (nSPS) is 10.8. The Balaban J connectivity index is 2.09. The minimum Gasteiger partial charge on any atom is -0.497 e. The first kappa shape index (κ1) is 28.4. The maximum atomic E-state index is 14.4. The van der Waals surface area contributed by atoms with Crippen molar-refractivity contribution < 1.29 is 23.9 Å². The number of rotatable bonds is 7. The number of esters is 1. The molecule has 206 valence electrons. The third kappa shape index (κ3) is 5.27. The molecule has 0 bridgehead atoms. The van der Waals surface area contributed by atoms with Crippen molar-refractivity contribution in [1.82, 2.24) is 0 Å². The summed E-state index contributed by atoms with van der Waals surface area (Å²) >= 11 is 0. The first-order valence-electron chi connectivity index (χ1n) is 13.1. The van der Waals surface area contributed by atoms with Crippen molar-refractivity contribution >= 4 is 45.6 Å². The van der Waals surface area contributed by atoms with Gasteiger partial charge in [0.1, 0.15) is 5.75 Å². The third-order valence-corrected chi connectivity index (χ3v) is 6.97. The Morgan fingerprint density at radius 2 is 1.43 bits per heavy atom. The molecule has 0 spiro atoms. The lowest BCUT2D eigenvalue weighted by Crippen LogP contribution is -2.37. The minimum atomic E-state index is -0.672. The predicted octanol–water partition coefficient (Wildman–Crippen LogP) is 7.20. The topological polar surface area (TPSA) is 84.9 Å². The summed E-state index contributed by atoms with van der Waals surface area (Å²) in [6, 6.07) is 18.5. The number of carbonyl (C=O) groups excluding carboxylic acids is 3. The summed E-state index contributed by atoms with van der Waals surface area (Å²) in [7, 11) is 1.57. The van der Waals surface area contributed by atoms with Gasteiger partial charge in [0.25, 0.3) is 5.91 Å². The number of anilines is 3. The van der Waals surface area contributed by atoms with Gasteiger partial charge in [-0.1, -0.05) is 42.5 Å². The maximum absolute atomic E-state index is 14.4. The highest BCUT2D eigenvalue weighted by Crippen LogP contribution is 2.38. The van der Waals surface area contributed by atoms with Gasteiger partial charge in [0.15, 0.2) is 0 Å². The van der Waals surface area contributed by atoms with Gasteiger partial charge in [0, 0.05) is 18.0 Å². The summed E-state index contributed by atoms with van der Waals surface area (Å²) in [4.78, 5) is 42.2. The molecule has 7 heteroatoms. The molecule has 0 saturated carbocycles. The highest BCUT2D eigenvalue weighted by atomic mass is 16.5. The third-order valence-electron chi connectivity index (χ3n) is 6.97. The summed E-state index contributed by atoms with van der Waals surface area (Å²) < 4.78 is 11.0. The number of hydrogen-bond donors (Lipinski definition) is 1. The van der Waals surface area contributed by atoms with E-state index in [0.717, 1.165) is 32.8 Å². The molecule has 0 saturated heterocycles. The first-order valence-corrected chi connectivity index (χ1v) is 13.1. The fourth-order valence-corrected chi connectivity index (χ4v) is 5.03. The molecule has 0 aliphatic rings. The van der Waals surface area contributed by atoms with Crippen LogP contribution in [0.2, 0.25) is 0 Å². The fourth-order valence-electron chi connectivity index (χ4n) is 5.03. The quantitative estimate of drug-likeness (QED) is 0.251. The molecule has 4 aromatic carbocycles. The molecule has 40 heavy (non-hydrogen) atoms. The number of benzene rings is 4. The van der Waals surface area contributed by atoms with Gasteiger partial charge in [-0.3, -0.25) is 9.59 Å². The summed E-state index contributed by atoms with van der Waals surface area (Å²) in [6.45, 7) is 10.8.